The minimum absolute atomic E-state index is 0.480. The molecular weight excluding hydrogens is 198 g/mol. The van der Waals surface area contributed by atoms with Gasteiger partial charge in [-0.05, 0) is 56.9 Å². The van der Waals surface area contributed by atoms with Gasteiger partial charge >= 0.3 is 0 Å². The van der Waals surface area contributed by atoms with Crippen LogP contribution in [-0.4, -0.2) is 25.3 Å². The molecule has 0 amide bonds. The Hall–Kier alpha value is -0.0800. The van der Waals surface area contributed by atoms with E-state index in [1.807, 2.05) is 0 Å². The summed E-state index contributed by atoms with van der Waals surface area (Å²) in [6, 6.07) is 0.856. The van der Waals surface area contributed by atoms with Crippen molar-refractivity contribution in [1.29, 1.82) is 0 Å². The maximum atomic E-state index is 5.69. The summed E-state index contributed by atoms with van der Waals surface area (Å²) in [6.07, 6.45) is 9.80. The third kappa shape index (κ3) is 4.42. The molecule has 0 bridgehead atoms. The lowest BCUT2D eigenvalue weighted by atomic mass is 9.83. The maximum absolute atomic E-state index is 5.69. The Morgan fingerprint density at radius 1 is 1.19 bits per heavy atom. The van der Waals surface area contributed by atoms with E-state index in [0.29, 0.717) is 11.5 Å². The van der Waals surface area contributed by atoms with Crippen molar-refractivity contribution in [1.82, 2.24) is 5.32 Å². The molecule has 1 unspecified atom stereocenters. The van der Waals surface area contributed by atoms with Gasteiger partial charge in [0.15, 0.2) is 0 Å². The number of hydrogen-bond acceptors (Lipinski definition) is 2. The average Bonchev–Trinajstić information content (AvgIpc) is 2.91. The van der Waals surface area contributed by atoms with Gasteiger partial charge in [-0.1, -0.05) is 13.8 Å². The number of nitrogens with one attached hydrogen (secondary N) is 1. The van der Waals surface area contributed by atoms with Crippen molar-refractivity contribution in [3.8, 4) is 0 Å². The Balaban J connectivity index is 1.56. The number of rotatable bonds is 7. The van der Waals surface area contributed by atoms with Gasteiger partial charge in [0.2, 0.25) is 0 Å². The summed E-state index contributed by atoms with van der Waals surface area (Å²) in [6.45, 7) is 6.99. The molecule has 1 atom stereocenters. The van der Waals surface area contributed by atoms with Crippen LogP contribution in [0.3, 0.4) is 0 Å². The summed E-state index contributed by atoms with van der Waals surface area (Å²) < 4.78 is 5.69. The molecule has 16 heavy (non-hydrogen) atoms. The summed E-state index contributed by atoms with van der Waals surface area (Å²) in [5.41, 5.74) is 0.480. The first-order valence-electron chi connectivity index (χ1n) is 7.01. The van der Waals surface area contributed by atoms with Gasteiger partial charge in [-0.2, -0.15) is 0 Å². The van der Waals surface area contributed by atoms with Crippen molar-refractivity contribution >= 4 is 0 Å². The SMILES string of the molecule is CC(C)(CCNC1CC1)CCC1CCCO1. The third-order valence-electron chi connectivity index (χ3n) is 3.98. The van der Waals surface area contributed by atoms with Crippen LogP contribution in [0.1, 0.15) is 58.8 Å². The van der Waals surface area contributed by atoms with Crippen molar-refractivity contribution in [3.63, 3.8) is 0 Å². The second kappa shape index (κ2) is 5.50. The molecule has 1 aliphatic carbocycles. The molecule has 94 valence electrons. The highest BCUT2D eigenvalue weighted by atomic mass is 16.5. The van der Waals surface area contributed by atoms with Gasteiger partial charge in [0.05, 0.1) is 6.10 Å². The highest BCUT2D eigenvalue weighted by Gasteiger charge is 2.24. The molecule has 1 aliphatic heterocycles. The van der Waals surface area contributed by atoms with E-state index in [9.17, 15) is 0 Å². The van der Waals surface area contributed by atoms with Gasteiger partial charge in [0.1, 0.15) is 0 Å². The molecule has 2 aliphatic rings. The predicted octanol–water partition coefficient (Wildman–Crippen LogP) is 3.11. The topological polar surface area (TPSA) is 21.3 Å². The monoisotopic (exact) mass is 225 g/mol. The molecule has 0 spiro atoms. The number of ether oxygens (including phenoxy) is 1. The van der Waals surface area contributed by atoms with Crippen LogP contribution >= 0.6 is 0 Å². The van der Waals surface area contributed by atoms with Crippen molar-refractivity contribution in [2.24, 2.45) is 5.41 Å². The summed E-state index contributed by atoms with van der Waals surface area (Å²) in [5, 5.41) is 3.61. The quantitative estimate of drug-likeness (QED) is 0.719. The molecule has 1 saturated heterocycles. The van der Waals surface area contributed by atoms with Gasteiger partial charge < -0.3 is 10.1 Å². The summed E-state index contributed by atoms with van der Waals surface area (Å²) in [5.74, 6) is 0. The fourth-order valence-corrected chi connectivity index (χ4v) is 2.45. The molecule has 0 aromatic rings. The Labute approximate surface area is 100 Å². The van der Waals surface area contributed by atoms with Crippen LogP contribution in [-0.2, 0) is 4.74 Å². The lowest BCUT2D eigenvalue weighted by Crippen LogP contribution is -2.24. The van der Waals surface area contributed by atoms with Gasteiger partial charge in [-0.15, -0.1) is 0 Å². The lowest BCUT2D eigenvalue weighted by molar-refractivity contribution is 0.0905. The normalized spacial score (nSPS) is 26.2. The van der Waals surface area contributed by atoms with E-state index in [1.165, 1.54) is 51.5 Å². The van der Waals surface area contributed by atoms with E-state index in [1.54, 1.807) is 0 Å². The molecule has 1 saturated carbocycles. The second-order valence-electron chi connectivity index (χ2n) is 6.32. The Bertz CT molecular complexity index is 205. The highest BCUT2D eigenvalue weighted by Crippen LogP contribution is 2.30. The summed E-state index contributed by atoms with van der Waals surface area (Å²) in [7, 11) is 0. The summed E-state index contributed by atoms with van der Waals surface area (Å²) >= 11 is 0. The zero-order chi connectivity index (χ0) is 11.4. The molecule has 1 N–H and O–H groups in total. The average molecular weight is 225 g/mol. The van der Waals surface area contributed by atoms with Crippen molar-refractivity contribution < 1.29 is 4.74 Å². The van der Waals surface area contributed by atoms with Crippen LogP contribution in [0.5, 0.6) is 0 Å². The number of hydrogen-bond donors (Lipinski definition) is 1. The van der Waals surface area contributed by atoms with E-state index in [-0.39, 0.29) is 0 Å². The highest BCUT2D eigenvalue weighted by molar-refractivity contribution is 4.82. The van der Waals surface area contributed by atoms with Crippen LogP contribution < -0.4 is 5.32 Å². The lowest BCUT2D eigenvalue weighted by Gasteiger charge is -2.26. The largest absolute Gasteiger partial charge is 0.378 e. The van der Waals surface area contributed by atoms with Crippen LogP contribution in [0.15, 0.2) is 0 Å². The van der Waals surface area contributed by atoms with Crippen molar-refractivity contribution in [2.75, 3.05) is 13.2 Å². The van der Waals surface area contributed by atoms with Gasteiger partial charge in [-0.3, -0.25) is 0 Å². The zero-order valence-corrected chi connectivity index (χ0v) is 10.9. The molecule has 1 heterocycles. The van der Waals surface area contributed by atoms with E-state index in [2.05, 4.69) is 19.2 Å². The van der Waals surface area contributed by atoms with Gasteiger partial charge in [0.25, 0.3) is 0 Å². The molecule has 2 fully saturated rings. The molecule has 0 aromatic carbocycles. The maximum Gasteiger partial charge on any atom is 0.0576 e. The van der Waals surface area contributed by atoms with Gasteiger partial charge in [0, 0.05) is 12.6 Å². The third-order valence-corrected chi connectivity index (χ3v) is 3.98. The van der Waals surface area contributed by atoms with Crippen molar-refractivity contribution in [2.45, 2.75) is 70.9 Å². The predicted molar refractivity (Wildman–Crippen MR) is 67.6 cm³/mol. The van der Waals surface area contributed by atoms with E-state index >= 15 is 0 Å². The standard InChI is InChI=1S/C14H27NO/c1-14(2,9-10-15-12-5-6-12)8-7-13-4-3-11-16-13/h12-13,15H,3-11H2,1-2H3. The molecule has 2 rings (SSSR count). The van der Waals surface area contributed by atoms with E-state index in [4.69, 9.17) is 4.74 Å². The first-order valence-corrected chi connectivity index (χ1v) is 7.01. The van der Waals surface area contributed by atoms with Crippen LogP contribution in [0.4, 0.5) is 0 Å². The van der Waals surface area contributed by atoms with E-state index < -0.39 is 0 Å². The van der Waals surface area contributed by atoms with Crippen LogP contribution in [0.2, 0.25) is 0 Å². The van der Waals surface area contributed by atoms with Crippen LogP contribution in [0.25, 0.3) is 0 Å². The van der Waals surface area contributed by atoms with Gasteiger partial charge in [-0.25, -0.2) is 0 Å². The van der Waals surface area contributed by atoms with Crippen LogP contribution in [0, 0.1) is 5.41 Å². The molecule has 0 aromatic heterocycles. The molecule has 0 radical (unpaired) electrons. The Morgan fingerprint density at radius 2 is 2.00 bits per heavy atom. The fourth-order valence-electron chi connectivity index (χ4n) is 2.45. The molecule has 2 heteroatoms. The molecular formula is C14H27NO. The smallest absolute Gasteiger partial charge is 0.0576 e. The first-order chi connectivity index (χ1) is 7.66. The minimum atomic E-state index is 0.480. The zero-order valence-electron chi connectivity index (χ0n) is 10.9. The molecule has 2 nitrogen and oxygen atoms in total. The summed E-state index contributed by atoms with van der Waals surface area (Å²) in [4.78, 5) is 0. The fraction of sp³-hybridized carbons (Fsp3) is 1.00. The Kier molecular flexibility index (Phi) is 4.26. The van der Waals surface area contributed by atoms with E-state index in [0.717, 1.165) is 12.6 Å². The Morgan fingerprint density at radius 3 is 2.62 bits per heavy atom. The second-order valence-corrected chi connectivity index (χ2v) is 6.32. The minimum Gasteiger partial charge on any atom is -0.378 e. The first kappa shape index (κ1) is 12.4. The van der Waals surface area contributed by atoms with Crippen molar-refractivity contribution in [3.05, 3.63) is 0 Å².